The first kappa shape index (κ1) is 17.9. The number of hydrogen-bond donors (Lipinski definition) is 2. The lowest BCUT2D eigenvalue weighted by atomic mass is 9.89. The Morgan fingerprint density at radius 3 is 2.88 bits per heavy atom. The predicted molar refractivity (Wildman–Crippen MR) is 103 cm³/mol. The van der Waals surface area contributed by atoms with Crippen LogP contribution in [-0.2, 0) is 4.79 Å². The normalized spacial score (nSPS) is 15.2. The SMILES string of the molecule is C=CC(=O)N1CC(C(CC)Nc2cc(-c3ccnc(C)c3)c[nH]c2=O)C1. The number of aromatic amines is 1. The molecule has 26 heavy (non-hydrogen) atoms. The average Bonchev–Trinajstić information content (AvgIpc) is 2.60. The summed E-state index contributed by atoms with van der Waals surface area (Å²) in [5.41, 5.74) is 3.28. The molecule has 3 heterocycles. The van der Waals surface area contributed by atoms with E-state index in [0.717, 1.165) is 23.2 Å². The minimum atomic E-state index is -0.142. The number of likely N-dealkylation sites (tertiary alicyclic amines) is 1. The molecule has 0 aliphatic carbocycles. The van der Waals surface area contributed by atoms with Crippen molar-refractivity contribution < 1.29 is 4.79 Å². The number of aryl methyl sites for hydroxylation is 1. The van der Waals surface area contributed by atoms with Crippen LogP contribution < -0.4 is 10.9 Å². The Morgan fingerprint density at radius 2 is 2.23 bits per heavy atom. The smallest absolute Gasteiger partial charge is 0.271 e. The fourth-order valence-corrected chi connectivity index (χ4v) is 3.31. The van der Waals surface area contributed by atoms with E-state index in [4.69, 9.17) is 0 Å². The molecule has 6 nitrogen and oxygen atoms in total. The lowest BCUT2D eigenvalue weighted by molar-refractivity contribution is -0.132. The summed E-state index contributed by atoms with van der Waals surface area (Å²) in [7, 11) is 0. The first-order valence-corrected chi connectivity index (χ1v) is 8.85. The summed E-state index contributed by atoms with van der Waals surface area (Å²) in [6, 6.07) is 5.92. The van der Waals surface area contributed by atoms with Gasteiger partial charge in [-0.3, -0.25) is 14.6 Å². The lowest BCUT2D eigenvalue weighted by Crippen LogP contribution is -2.55. The van der Waals surface area contributed by atoms with Crippen molar-refractivity contribution in [3.63, 3.8) is 0 Å². The van der Waals surface area contributed by atoms with Crippen LogP contribution in [0.1, 0.15) is 19.0 Å². The van der Waals surface area contributed by atoms with Gasteiger partial charge >= 0.3 is 0 Å². The van der Waals surface area contributed by atoms with Crippen LogP contribution in [0.15, 0.2) is 48.0 Å². The highest BCUT2D eigenvalue weighted by atomic mass is 16.2. The molecule has 1 aliphatic rings. The average molecular weight is 352 g/mol. The van der Waals surface area contributed by atoms with Gasteiger partial charge < -0.3 is 15.2 Å². The van der Waals surface area contributed by atoms with E-state index in [2.05, 4.69) is 28.8 Å². The Labute approximate surface area is 153 Å². The molecule has 2 N–H and O–H groups in total. The van der Waals surface area contributed by atoms with E-state index in [1.165, 1.54) is 6.08 Å². The summed E-state index contributed by atoms with van der Waals surface area (Å²) in [4.78, 5) is 32.7. The molecular weight excluding hydrogens is 328 g/mol. The summed E-state index contributed by atoms with van der Waals surface area (Å²) in [5, 5.41) is 3.38. The molecule has 1 saturated heterocycles. The van der Waals surface area contributed by atoms with Gasteiger partial charge in [0, 0.05) is 48.7 Å². The summed E-state index contributed by atoms with van der Waals surface area (Å²) < 4.78 is 0. The molecule has 1 aliphatic heterocycles. The highest BCUT2D eigenvalue weighted by Gasteiger charge is 2.34. The molecule has 0 spiro atoms. The van der Waals surface area contributed by atoms with Crippen molar-refractivity contribution in [1.82, 2.24) is 14.9 Å². The van der Waals surface area contributed by atoms with Gasteiger partial charge in [-0.15, -0.1) is 0 Å². The maximum absolute atomic E-state index is 12.3. The summed E-state index contributed by atoms with van der Waals surface area (Å²) in [6.45, 7) is 8.93. The maximum atomic E-state index is 12.3. The molecule has 6 heteroatoms. The van der Waals surface area contributed by atoms with Gasteiger partial charge in [0.1, 0.15) is 5.69 Å². The highest BCUT2D eigenvalue weighted by molar-refractivity contribution is 5.87. The van der Waals surface area contributed by atoms with E-state index < -0.39 is 0 Å². The van der Waals surface area contributed by atoms with Crippen LogP contribution in [0.5, 0.6) is 0 Å². The minimum Gasteiger partial charge on any atom is -0.377 e. The van der Waals surface area contributed by atoms with Gasteiger partial charge in [0.15, 0.2) is 0 Å². The standard InChI is InChI=1S/C20H24N4O2/c1-4-17(16-11-24(12-16)19(25)5-2)23-18-9-15(10-22-20(18)26)14-6-7-21-13(3)8-14/h5-10,16-17,23H,2,4,11-12H2,1,3H3,(H,22,26). The molecule has 0 saturated carbocycles. The molecule has 0 radical (unpaired) electrons. The molecule has 0 aromatic carbocycles. The third kappa shape index (κ3) is 3.69. The maximum Gasteiger partial charge on any atom is 0.271 e. The number of carbonyl (C=O) groups is 1. The highest BCUT2D eigenvalue weighted by Crippen LogP contribution is 2.25. The summed E-state index contributed by atoms with van der Waals surface area (Å²) in [6.07, 6.45) is 5.70. The third-order valence-electron chi connectivity index (χ3n) is 4.88. The van der Waals surface area contributed by atoms with Gasteiger partial charge in [-0.1, -0.05) is 13.5 Å². The number of pyridine rings is 2. The van der Waals surface area contributed by atoms with Crippen LogP contribution in [0.4, 0.5) is 5.69 Å². The second-order valence-corrected chi connectivity index (χ2v) is 6.68. The van der Waals surface area contributed by atoms with E-state index in [1.807, 2.05) is 25.1 Å². The van der Waals surface area contributed by atoms with E-state index in [-0.39, 0.29) is 17.5 Å². The van der Waals surface area contributed by atoms with Gasteiger partial charge in [-0.2, -0.15) is 0 Å². The Bertz CT molecular complexity index is 868. The van der Waals surface area contributed by atoms with Gasteiger partial charge in [0.2, 0.25) is 5.91 Å². The minimum absolute atomic E-state index is 0.0380. The van der Waals surface area contributed by atoms with Crippen molar-refractivity contribution in [2.45, 2.75) is 26.3 Å². The number of amides is 1. The Balaban J connectivity index is 1.76. The molecule has 1 atom stereocenters. The number of rotatable bonds is 6. The van der Waals surface area contributed by atoms with Crippen molar-refractivity contribution >= 4 is 11.6 Å². The van der Waals surface area contributed by atoms with Crippen LogP contribution in [0.2, 0.25) is 0 Å². The van der Waals surface area contributed by atoms with E-state index in [1.54, 1.807) is 17.3 Å². The van der Waals surface area contributed by atoms with Crippen molar-refractivity contribution in [1.29, 1.82) is 0 Å². The van der Waals surface area contributed by atoms with Crippen LogP contribution in [-0.4, -0.2) is 39.9 Å². The van der Waals surface area contributed by atoms with Crippen LogP contribution >= 0.6 is 0 Å². The zero-order valence-electron chi connectivity index (χ0n) is 15.2. The topological polar surface area (TPSA) is 78.1 Å². The van der Waals surface area contributed by atoms with Gasteiger partial charge in [-0.25, -0.2) is 0 Å². The molecule has 136 valence electrons. The van der Waals surface area contributed by atoms with Crippen molar-refractivity contribution in [2.24, 2.45) is 5.92 Å². The largest absolute Gasteiger partial charge is 0.377 e. The fraction of sp³-hybridized carbons (Fsp3) is 0.350. The summed E-state index contributed by atoms with van der Waals surface area (Å²) in [5.74, 6) is 0.291. The molecule has 1 unspecified atom stereocenters. The zero-order valence-corrected chi connectivity index (χ0v) is 15.2. The first-order valence-electron chi connectivity index (χ1n) is 8.85. The molecular formula is C20H24N4O2. The molecule has 1 fully saturated rings. The van der Waals surface area contributed by atoms with E-state index >= 15 is 0 Å². The van der Waals surface area contributed by atoms with Gasteiger partial charge in [-0.05, 0) is 43.2 Å². The van der Waals surface area contributed by atoms with Gasteiger partial charge in [0.25, 0.3) is 5.56 Å². The molecule has 0 bridgehead atoms. The fourth-order valence-electron chi connectivity index (χ4n) is 3.31. The number of H-pyrrole nitrogens is 1. The van der Waals surface area contributed by atoms with Crippen molar-refractivity contribution in [3.8, 4) is 11.1 Å². The van der Waals surface area contributed by atoms with Crippen LogP contribution in [0, 0.1) is 12.8 Å². The van der Waals surface area contributed by atoms with E-state index in [9.17, 15) is 9.59 Å². The Hall–Kier alpha value is -2.89. The number of aromatic nitrogens is 2. The Morgan fingerprint density at radius 1 is 1.46 bits per heavy atom. The number of hydrogen-bond acceptors (Lipinski definition) is 4. The van der Waals surface area contributed by atoms with Gasteiger partial charge in [0.05, 0.1) is 0 Å². The number of carbonyl (C=O) groups excluding carboxylic acids is 1. The molecule has 2 aromatic rings. The number of nitrogens with zero attached hydrogens (tertiary/aromatic N) is 2. The van der Waals surface area contributed by atoms with Crippen molar-refractivity contribution in [3.05, 3.63) is 59.3 Å². The summed E-state index contributed by atoms with van der Waals surface area (Å²) >= 11 is 0. The number of anilines is 1. The second-order valence-electron chi connectivity index (χ2n) is 6.68. The van der Waals surface area contributed by atoms with Crippen LogP contribution in [0.3, 0.4) is 0 Å². The zero-order chi connectivity index (χ0) is 18.7. The predicted octanol–water partition coefficient (Wildman–Crippen LogP) is 2.58. The van der Waals surface area contributed by atoms with Crippen molar-refractivity contribution in [2.75, 3.05) is 18.4 Å². The third-order valence-corrected chi connectivity index (χ3v) is 4.88. The number of nitrogens with one attached hydrogen (secondary N) is 2. The molecule has 2 aromatic heterocycles. The van der Waals surface area contributed by atoms with E-state index in [0.29, 0.717) is 24.7 Å². The lowest BCUT2D eigenvalue weighted by Gasteiger charge is -2.43. The Kier molecular flexibility index (Phi) is 5.21. The van der Waals surface area contributed by atoms with Crippen LogP contribution in [0.25, 0.3) is 11.1 Å². The molecule has 1 amide bonds. The first-order chi connectivity index (χ1) is 12.5. The quantitative estimate of drug-likeness (QED) is 0.783. The molecule has 3 rings (SSSR count). The second kappa shape index (κ2) is 7.56. The monoisotopic (exact) mass is 352 g/mol.